The van der Waals surface area contributed by atoms with Gasteiger partial charge >= 0.3 is 0 Å². The van der Waals surface area contributed by atoms with E-state index in [1.165, 1.54) is 16.7 Å². The van der Waals surface area contributed by atoms with Gasteiger partial charge in [0.2, 0.25) is 0 Å². The molecule has 3 rings (SSSR count). The third-order valence-corrected chi connectivity index (χ3v) is 7.93. The van der Waals surface area contributed by atoms with E-state index in [-0.39, 0.29) is 29.4 Å². The van der Waals surface area contributed by atoms with Crippen LogP contribution >= 0.6 is 24.0 Å². The van der Waals surface area contributed by atoms with Crippen LogP contribution in [-0.4, -0.2) is 65.5 Å². The first-order valence-electron chi connectivity index (χ1n) is 8.55. The maximum Gasteiger partial charge on any atom is 0.265 e. The number of benzene rings is 1. The molecule has 2 aliphatic heterocycles. The van der Waals surface area contributed by atoms with Crippen molar-refractivity contribution in [3.05, 3.63) is 40.3 Å². The summed E-state index contributed by atoms with van der Waals surface area (Å²) in [4.78, 5) is 28.5. The second kappa shape index (κ2) is 7.73. The van der Waals surface area contributed by atoms with Crippen LogP contribution in [0.2, 0.25) is 0 Å². The van der Waals surface area contributed by atoms with Gasteiger partial charge in [0.25, 0.3) is 11.8 Å². The Labute approximate surface area is 168 Å². The molecule has 2 fully saturated rings. The van der Waals surface area contributed by atoms with Crippen molar-refractivity contribution in [2.45, 2.75) is 19.4 Å². The molecule has 1 atom stereocenters. The van der Waals surface area contributed by atoms with Gasteiger partial charge in [-0.2, -0.15) is 0 Å². The molecular formula is C18H20N2O4S3. The Kier molecular flexibility index (Phi) is 5.73. The van der Waals surface area contributed by atoms with Crippen LogP contribution in [0.3, 0.4) is 0 Å². The summed E-state index contributed by atoms with van der Waals surface area (Å²) in [5, 5.41) is 0. The molecule has 0 saturated carbocycles. The lowest BCUT2D eigenvalue weighted by molar-refractivity contribution is -0.121. The molecule has 6 nitrogen and oxygen atoms in total. The lowest BCUT2D eigenvalue weighted by Crippen LogP contribution is -2.40. The summed E-state index contributed by atoms with van der Waals surface area (Å²) in [6.45, 7) is 2.31. The number of hydrogen-bond donors (Lipinski definition) is 0. The summed E-state index contributed by atoms with van der Waals surface area (Å²) in [6, 6.07) is 6.68. The van der Waals surface area contributed by atoms with Crippen LogP contribution in [0.1, 0.15) is 29.3 Å². The van der Waals surface area contributed by atoms with Crippen LogP contribution < -0.4 is 0 Å². The molecule has 0 N–H and O–H groups in total. The Morgan fingerprint density at radius 1 is 1.37 bits per heavy atom. The van der Waals surface area contributed by atoms with Gasteiger partial charge in [-0.15, -0.1) is 0 Å². The fourth-order valence-electron chi connectivity index (χ4n) is 3.17. The molecule has 1 unspecified atom stereocenters. The van der Waals surface area contributed by atoms with Crippen molar-refractivity contribution in [3.63, 3.8) is 0 Å². The van der Waals surface area contributed by atoms with Crippen molar-refractivity contribution in [1.29, 1.82) is 0 Å². The van der Waals surface area contributed by atoms with E-state index < -0.39 is 9.84 Å². The molecule has 1 aromatic carbocycles. The minimum Gasteiger partial charge on any atom is -0.335 e. The number of nitrogens with zero attached hydrogens (tertiary/aromatic N) is 2. The minimum absolute atomic E-state index is 0.0313. The van der Waals surface area contributed by atoms with Crippen molar-refractivity contribution in [2.75, 3.05) is 25.1 Å². The van der Waals surface area contributed by atoms with E-state index in [2.05, 4.69) is 0 Å². The van der Waals surface area contributed by atoms with Crippen LogP contribution in [0.4, 0.5) is 0 Å². The summed E-state index contributed by atoms with van der Waals surface area (Å²) in [6.07, 6.45) is 2.23. The van der Waals surface area contributed by atoms with Gasteiger partial charge in [0, 0.05) is 25.2 Å². The summed E-state index contributed by atoms with van der Waals surface area (Å²) in [7, 11) is -1.41. The SMILES string of the molecule is CCN(C(=O)c1ccc(C=C2SC(=S)N(C)C2=O)cc1)C1CCS(=O)(=O)C1. The number of carbonyl (C=O) groups is 2. The normalized spacial score (nSPS) is 23.3. The summed E-state index contributed by atoms with van der Waals surface area (Å²) >= 11 is 6.36. The number of carbonyl (C=O) groups excluding carboxylic acids is 2. The van der Waals surface area contributed by atoms with E-state index in [4.69, 9.17) is 12.2 Å². The van der Waals surface area contributed by atoms with E-state index in [0.29, 0.717) is 27.8 Å². The van der Waals surface area contributed by atoms with E-state index in [1.807, 2.05) is 6.92 Å². The zero-order valence-corrected chi connectivity index (χ0v) is 17.5. The molecule has 2 aliphatic rings. The molecule has 0 spiro atoms. The number of sulfone groups is 1. The molecule has 27 heavy (non-hydrogen) atoms. The Hall–Kier alpha value is -1.71. The molecule has 2 amide bonds. The average Bonchev–Trinajstić information content (AvgIpc) is 3.10. The second-order valence-corrected chi connectivity index (χ2v) is 10.4. The molecule has 0 radical (unpaired) electrons. The van der Waals surface area contributed by atoms with Gasteiger partial charge in [-0.1, -0.05) is 36.1 Å². The molecule has 2 saturated heterocycles. The van der Waals surface area contributed by atoms with Gasteiger partial charge in [0.15, 0.2) is 9.84 Å². The first-order valence-corrected chi connectivity index (χ1v) is 11.6. The van der Waals surface area contributed by atoms with E-state index in [9.17, 15) is 18.0 Å². The van der Waals surface area contributed by atoms with Gasteiger partial charge in [0.1, 0.15) is 4.32 Å². The molecule has 9 heteroatoms. The first-order chi connectivity index (χ1) is 12.7. The highest BCUT2D eigenvalue weighted by molar-refractivity contribution is 8.26. The molecular weight excluding hydrogens is 404 g/mol. The lowest BCUT2D eigenvalue weighted by Gasteiger charge is -2.27. The fourth-order valence-corrected chi connectivity index (χ4v) is 6.08. The standard InChI is InChI=1S/C18H20N2O4S3/c1-3-20(14-8-9-27(23,24)11-14)16(21)13-6-4-12(5-7-13)10-15-17(22)19(2)18(25)26-15/h4-7,10,14H,3,8-9,11H2,1-2H3. The molecule has 144 valence electrons. The maximum atomic E-state index is 12.8. The van der Waals surface area contributed by atoms with Crippen molar-refractivity contribution in [1.82, 2.24) is 9.80 Å². The summed E-state index contributed by atoms with van der Waals surface area (Å²) in [5.74, 6) is -0.143. The smallest absolute Gasteiger partial charge is 0.265 e. The van der Waals surface area contributed by atoms with Crippen LogP contribution in [0.5, 0.6) is 0 Å². The maximum absolute atomic E-state index is 12.8. The number of rotatable bonds is 4. The Balaban J connectivity index is 1.76. The highest BCUT2D eigenvalue weighted by atomic mass is 32.2. The van der Waals surface area contributed by atoms with Crippen molar-refractivity contribution < 1.29 is 18.0 Å². The van der Waals surface area contributed by atoms with Crippen molar-refractivity contribution >= 4 is 56.0 Å². The van der Waals surface area contributed by atoms with Crippen LogP contribution in [0, 0.1) is 0 Å². The number of thioether (sulfide) groups is 1. The Morgan fingerprint density at radius 2 is 2.04 bits per heavy atom. The highest BCUT2D eigenvalue weighted by Gasteiger charge is 2.34. The average molecular weight is 425 g/mol. The molecule has 1 aromatic rings. The predicted molar refractivity (Wildman–Crippen MR) is 111 cm³/mol. The van der Waals surface area contributed by atoms with E-state index in [1.54, 1.807) is 42.3 Å². The molecule has 0 aromatic heterocycles. The predicted octanol–water partition coefficient (Wildman–Crippen LogP) is 2.17. The highest BCUT2D eigenvalue weighted by Crippen LogP contribution is 2.31. The first kappa shape index (κ1) is 20.0. The summed E-state index contributed by atoms with van der Waals surface area (Å²) < 4.78 is 23.9. The van der Waals surface area contributed by atoms with Gasteiger partial charge in [-0.3, -0.25) is 14.5 Å². The lowest BCUT2D eigenvalue weighted by atomic mass is 10.1. The third kappa shape index (κ3) is 4.25. The number of hydrogen-bond acceptors (Lipinski definition) is 6. The number of amides is 2. The van der Waals surface area contributed by atoms with Gasteiger partial charge in [-0.25, -0.2) is 8.42 Å². The fraction of sp³-hybridized carbons (Fsp3) is 0.389. The van der Waals surface area contributed by atoms with Gasteiger partial charge in [-0.05, 0) is 37.1 Å². The molecule has 0 aliphatic carbocycles. The second-order valence-electron chi connectivity index (χ2n) is 6.51. The molecule has 2 heterocycles. The number of likely N-dealkylation sites (N-methyl/N-ethyl adjacent to an activating group) is 1. The van der Waals surface area contributed by atoms with Crippen LogP contribution in [0.25, 0.3) is 6.08 Å². The monoisotopic (exact) mass is 424 g/mol. The molecule has 0 bridgehead atoms. The zero-order chi connectivity index (χ0) is 19.8. The van der Waals surface area contributed by atoms with Crippen LogP contribution in [-0.2, 0) is 14.6 Å². The largest absolute Gasteiger partial charge is 0.335 e. The summed E-state index contributed by atoms with van der Waals surface area (Å²) in [5.41, 5.74) is 1.30. The van der Waals surface area contributed by atoms with Gasteiger partial charge < -0.3 is 4.90 Å². The zero-order valence-electron chi connectivity index (χ0n) is 15.0. The quantitative estimate of drug-likeness (QED) is 0.545. The Morgan fingerprint density at radius 3 is 2.52 bits per heavy atom. The number of thiocarbonyl (C=S) groups is 1. The van der Waals surface area contributed by atoms with Crippen molar-refractivity contribution in [3.8, 4) is 0 Å². The Bertz CT molecular complexity index is 922. The minimum atomic E-state index is -3.05. The third-order valence-electron chi connectivity index (χ3n) is 4.69. The van der Waals surface area contributed by atoms with Gasteiger partial charge in [0.05, 0.1) is 16.4 Å². The van der Waals surface area contributed by atoms with E-state index in [0.717, 1.165) is 5.56 Å². The van der Waals surface area contributed by atoms with Crippen molar-refractivity contribution in [2.24, 2.45) is 0 Å². The van der Waals surface area contributed by atoms with E-state index >= 15 is 0 Å². The van der Waals surface area contributed by atoms with Crippen LogP contribution in [0.15, 0.2) is 29.2 Å². The topological polar surface area (TPSA) is 74.8 Å².